The van der Waals surface area contributed by atoms with Crippen LogP contribution in [-0.2, 0) is 20.9 Å². The SMILES string of the molecule is O=C1N=C(N2CCOCC2)SC1=C1C(=O)N(Cc2ccccc2F)c2ccccc21. The highest BCUT2D eigenvalue weighted by Gasteiger charge is 2.39. The Bertz CT molecular complexity index is 1110. The highest BCUT2D eigenvalue weighted by atomic mass is 32.2. The first kappa shape index (κ1) is 19.0. The summed E-state index contributed by atoms with van der Waals surface area (Å²) in [4.78, 5) is 34.2. The van der Waals surface area contributed by atoms with Crippen molar-refractivity contribution in [3.63, 3.8) is 0 Å². The van der Waals surface area contributed by atoms with Crippen molar-refractivity contribution in [3.05, 3.63) is 70.4 Å². The summed E-state index contributed by atoms with van der Waals surface area (Å²) in [7, 11) is 0. The molecule has 0 aliphatic carbocycles. The number of rotatable bonds is 2. The third-order valence-corrected chi connectivity index (χ3v) is 6.42. The van der Waals surface area contributed by atoms with E-state index in [-0.39, 0.29) is 18.3 Å². The van der Waals surface area contributed by atoms with Gasteiger partial charge < -0.3 is 14.5 Å². The van der Waals surface area contributed by atoms with Gasteiger partial charge in [0.1, 0.15) is 5.82 Å². The van der Waals surface area contributed by atoms with E-state index in [9.17, 15) is 14.0 Å². The second-order valence-corrected chi connectivity index (χ2v) is 8.08. The first-order chi connectivity index (χ1) is 14.6. The summed E-state index contributed by atoms with van der Waals surface area (Å²) in [5, 5.41) is 0.601. The molecule has 2 aromatic carbocycles. The molecule has 1 saturated heterocycles. The number of benzene rings is 2. The van der Waals surface area contributed by atoms with E-state index in [2.05, 4.69) is 4.99 Å². The number of hydrogen-bond acceptors (Lipinski definition) is 5. The molecule has 3 heterocycles. The van der Waals surface area contributed by atoms with Crippen molar-refractivity contribution >= 4 is 40.0 Å². The van der Waals surface area contributed by atoms with Gasteiger partial charge in [0.25, 0.3) is 11.8 Å². The Labute approximate surface area is 177 Å². The molecule has 0 radical (unpaired) electrons. The second-order valence-electron chi connectivity index (χ2n) is 7.10. The zero-order valence-corrected chi connectivity index (χ0v) is 16.8. The van der Waals surface area contributed by atoms with Crippen LogP contribution >= 0.6 is 11.8 Å². The fourth-order valence-electron chi connectivity index (χ4n) is 3.80. The first-order valence-corrected chi connectivity index (χ1v) is 10.5. The second kappa shape index (κ2) is 7.70. The summed E-state index contributed by atoms with van der Waals surface area (Å²) in [6, 6.07) is 13.7. The largest absolute Gasteiger partial charge is 0.378 e. The van der Waals surface area contributed by atoms with E-state index in [0.29, 0.717) is 58.8 Å². The fraction of sp³-hybridized carbons (Fsp3) is 0.227. The summed E-state index contributed by atoms with van der Waals surface area (Å²) in [5.41, 5.74) is 2.10. The Kier molecular flexibility index (Phi) is 4.88. The van der Waals surface area contributed by atoms with Crippen molar-refractivity contribution < 1.29 is 18.7 Å². The number of amidine groups is 1. The molecule has 30 heavy (non-hydrogen) atoms. The van der Waals surface area contributed by atoms with Crippen molar-refractivity contribution in [3.8, 4) is 0 Å². The maximum Gasteiger partial charge on any atom is 0.287 e. The minimum Gasteiger partial charge on any atom is -0.378 e. The average Bonchev–Trinajstić information content (AvgIpc) is 3.28. The number of carbonyl (C=O) groups excluding carboxylic acids is 2. The van der Waals surface area contributed by atoms with E-state index < -0.39 is 5.91 Å². The van der Waals surface area contributed by atoms with Crippen LogP contribution in [0.1, 0.15) is 11.1 Å². The van der Waals surface area contributed by atoms with Crippen molar-refractivity contribution in [2.24, 2.45) is 4.99 Å². The lowest BCUT2D eigenvalue weighted by atomic mass is 10.1. The van der Waals surface area contributed by atoms with Gasteiger partial charge in [0.05, 0.1) is 35.9 Å². The lowest BCUT2D eigenvalue weighted by molar-refractivity contribution is -0.115. The molecule has 0 bridgehead atoms. The molecular weight excluding hydrogens is 405 g/mol. The normalized spacial score (nSPS) is 21.3. The van der Waals surface area contributed by atoms with Gasteiger partial charge in [-0.25, -0.2) is 4.39 Å². The first-order valence-electron chi connectivity index (χ1n) is 9.66. The molecule has 1 fully saturated rings. The fourth-order valence-corrected chi connectivity index (χ4v) is 4.85. The van der Waals surface area contributed by atoms with Crippen LogP contribution in [-0.4, -0.2) is 48.2 Å². The van der Waals surface area contributed by atoms with Crippen molar-refractivity contribution in [2.45, 2.75) is 6.54 Å². The highest BCUT2D eigenvalue weighted by Crippen LogP contribution is 2.44. The lowest BCUT2D eigenvalue weighted by Gasteiger charge is -2.27. The van der Waals surface area contributed by atoms with Crippen LogP contribution in [0, 0.1) is 5.82 Å². The van der Waals surface area contributed by atoms with Gasteiger partial charge in [-0.05, 0) is 23.9 Å². The summed E-state index contributed by atoms with van der Waals surface area (Å²) in [6.45, 7) is 2.57. The standard InChI is InChI=1S/C22H18FN3O3S/c23-16-7-3-1-5-14(16)13-26-17-8-4-2-6-15(17)18(21(26)28)19-20(27)24-22(30-19)25-9-11-29-12-10-25/h1-8H,9-13H2. The van der Waals surface area contributed by atoms with Gasteiger partial charge in [-0.15, -0.1) is 0 Å². The summed E-state index contributed by atoms with van der Waals surface area (Å²) < 4.78 is 19.6. The van der Waals surface area contributed by atoms with Crippen LogP contribution in [0.4, 0.5) is 10.1 Å². The molecule has 6 nitrogen and oxygen atoms in total. The van der Waals surface area contributed by atoms with E-state index >= 15 is 0 Å². The molecule has 2 aromatic rings. The number of hydrogen-bond donors (Lipinski definition) is 0. The van der Waals surface area contributed by atoms with Gasteiger partial charge >= 0.3 is 0 Å². The third-order valence-electron chi connectivity index (χ3n) is 5.30. The molecule has 2 amide bonds. The summed E-state index contributed by atoms with van der Waals surface area (Å²) in [5.74, 6) is -1.09. The Morgan fingerprint density at radius 1 is 1.03 bits per heavy atom. The summed E-state index contributed by atoms with van der Waals surface area (Å²) >= 11 is 1.23. The van der Waals surface area contributed by atoms with Gasteiger partial charge in [-0.3, -0.25) is 9.59 Å². The Hall–Kier alpha value is -2.97. The number of ether oxygens (including phenoxy) is 1. The van der Waals surface area contributed by atoms with E-state index in [4.69, 9.17) is 4.74 Å². The number of nitrogens with zero attached hydrogens (tertiary/aromatic N) is 3. The monoisotopic (exact) mass is 423 g/mol. The van der Waals surface area contributed by atoms with Crippen LogP contribution in [0.15, 0.2) is 58.4 Å². The van der Waals surface area contributed by atoms with E-state index in [1.165, 1.54) is 22.7 Å². The van der Waals surface area contributed by atoms with Gasteiger partial charge in [0.2, 0.25) is 0 Å². The van der Waals surface area contributed by atoms with Gasteiger partial charge in [-0.2, -0.15) is 4.99 Å². The van der Waals surface area contributed by atoms with Gasteiger partial charge in [-0.1, -0.05) is 36.4 Å². The van der Waals surface area contributed by atoms with Crippen LogP contribution in [0.5, 0.6) is 0 Å². The molecule has 0 N–H and O–H groups in total. The van der Waals surface area contributed by atoms with E-state index in [1.54, 1.807) is 18.2 Å². The molecule has 152 valence electrons. The molecular formula is C22H18FN3O3S. The van der Waals surface area contributed by atoms with E-state index in [0.717, 1.165) is 0 Å². The van der Waals surface area contributed by atoms with Crippen LogP contribution in [0.3, 0.4) is 0 Å². The zero-order chi connectivity index (χ0) is 20.7. The number of amides is 2. The number of thioether (sulfide) groups is 1. The van der Waals surface area contributed by atoms with Crippen LogP contribution in [0.2, 0.25) is 0 Å². The molecule has 3 aliphatic rings. The van der Waals surface area contributed by atoms with Crippen molar-refractivity contribution in [1.82, 2.24) is 4.90 Å². The highest BCUT2D eigenvalue weighted by molar-refractivity contribution is 8.18. The predicted octanol–water partition coefficient (Wildman–Crippen LogP) is 3.05. The van der Waals surface area contributed by atoms with E-state index in [1.807, 2.05) is 29.2 Å². The smallest absolute Gasteiger partial charge is 0.287 e. The molecule has 0 saturated carbocycles. The molecule has 0 unspecified atom stereocenters. The zero-order valence-electron chi connectivity index (χ0n) is 16.0. The number of para-hydroxylation sites is 1. The maximum atomic E-state index is 14.2. The molecule has 8 heteroatoms. The van der Waals surface area contributed by atoms with Crippen molar-refractivity contribution in [1.29, 1.82) is 0 Å². The Morgan fingerprint density at radius 2 is 1.77 bits per heavy atom. The number of morpholine rings is 1. The number of halogens is 1. The molecule has 0 aromatic heterocycles. The Morgan fingerprint density at radius 3 is 2.57 bits per heavy atom. The number of aliphatic imine (C=N–C) groups is 1. The minimum absolute atomic E-state index is 0.0926. The number of anilines is 1. The quantitative estimate of drug-likeness (QED) is 0.695. The minimum atomic E-state index is -0.410. The lowest BCUT2D eigenvalue weighted by Crippen LogP contribution is -2.38. The number of carbonyl (C=O) groups is 2. The molecule has 5 rings (SSSR count). The molecule has 3 aliphatic heterocycles. The molecule has 0 atom stereocenters. The van der Waals surface area contributed by atoms with Crippen LogP contribution in [0.25, 0.3) is 5.57 Å². The van der Waals surface area contributed by atoms with Gasteiger partial charge in [0.15, 0.2) is 5.17 Å². The Balaban J connectivity index is 1.51. The average molecular weight is 423 g/mol. The number of fused-ring (bicyclic) bond motifs is 1. The third kappa shape index (κ3) is 3.22. The van der Waals surface area contributed by atoms with Gasteiger partial charge in [0, 0.05) is 24.2 Å². The van der Waals surface area contributed by atoms with Crippen LogP contribution < -0.4 is 4.90 Å². The molecule has 0 spiro atoms. The predicted molar refractivity (Wildman–Crippen MR) is 113 cm³/mol. The maximum absolute atomic E-state index is 14.2. The summed E-state index contributed by atoms with van der Waals surface area (Å²) in [6.07, 6.45) is 0. The van der Waals surface area contributed by atoms with Crippen molar-refractivity contribution in [2.75, 3.05) is 31.2 Å². The topological polar surface area (TPSA) is 62.2 Å².